The van der Waals surface area contributed by atoms with Crippen molar-refractivity contribution in [1.82, 2.24) is 10.2 Å². The summed E-state index contributed by atoms with van der Waals surface area (Å²) in [5, 5.41) is 18.2. The van der Waals surface area contributed by atoms with Crippen LogP contribution in [0.1, 0.15) is 25.7 Å². The molecule has 5 heteroatoms. The van der Waals surface area contributed by atoms with Gasteiger partial charge in [0.15, 0.2) is 0 Å². The van der Waals surface area contributed by atoms with Gasteiger partial charge in [0.2, 0.25) is 0 Å². The van der Waals surface area contributed by atoms with Crippen LogP contribution >= 0.6 is 0 Å². The molecule has 1 aliphatic rings. The van der Waals surface area contributed by atoms with Crippen LogP contribution in [-0.4, -0.2) is 34.5 Å². The number of rotatable bonds is 2. The molecule has 2 atom stereocenters. The van der Waals surface area contributed by atoms with Gasteiger partial charge in [-0.15, -0.1) is 0 Å². The summed E-state index contributed by atoms with van der Waals surface area (Å²) in [6.45, 7) is 0. The van der Waals surface area contributed by atoms with Gasteiger partial charge in [-0.05, 0) is 25.0 Å². The molecule has 102 valence electrons. The van der Waals surface area contributed by atoms with Gasteiger partial charge in [0.25, 0.3) is 0 Å². The van der Waals surface area contributed by atoms with Crippen LogP contribution in [0, 0.1) is 0 Å². The number of aliphatic hydroxyl groups excluding tert-OH is 1. The molecule has 0 aliphatic heterocycles. The fourth-order valence-electron chi connectivity index (χ4n) is 3.03. The Morgan fingerprint density at radius 2 is 2.16 bits per heavy atom. The molecule has 1 heterocycles. The number of anilines is 2. The molecule has 19 heavy (non-hydrogen) atoms. The minimum Gasteiger partial charge on any atom is -0.397 e. The molecule has 1 saturated carbocycles. The first-order chi connectivity index (χ1) is 9.16. The highest BCUT2D eigenvalue weighted by molar-refractivity contribution is 5.88. The average Bonchev–Trinajstić information content (AvgIpc) is 2.84. The Kier molecular flexibility index (Phi) is 3.06. The van der Waals surface area contributed by atoms with Gasteiger partial charge in [0, 0.05) is 12.4 Å². The van der Waals surface area contributed by atoms with Gasteiger partial charge >= 0.3 is 0 Å². The maximum absolute atomic E-state index is 10.2. The summed E-state index contributed by atoms with van der Waals surface area (Å²) in [7, 11) is 2.01. The predicted molar refractivity (Wildman–Crippen MR) is 77.2 cm³/mol. The minimum absolute atomic E-state index is 0.149. The second-order valence-corrected chi connectivity index (χ2v) is 5.40. The zero-order valence-electron chi connectivity index (χ0n) is 11.1. The zero-order valence-corrected chi connectivity index (χ0v) is 11.1. The Labute approximate surface area is 112 Å². The van der Waals surface area contributed by atoms with Gasteiger partial charge in [-0.3, -0.25) is 5.10 Å². The Morgan fingerprint density at radius 3 is 2.95 bits per heavy atom. The van der Waals surface area contributed by atoms with Crippen molar-refractivity contribution in [3.63, 3.8) is 0 Å². The number of aromatic amines is 1. The van der Waals surface area contributed by atoms with E-state index in [9.17, 15) is 5.11 Å². The number of nitrogens with one attached hydrogen (secondary N) is 1. The number of fused-ring (bicyclic) bond motifs is 1. The average molecular weight is 260 g/mol. The summed E-state index contributed by atoms with van der Waals surface area (Å²) in [5.41, 5.74) is 8.80. The van der Waals surface area contributed by atoms with Crippen molar-refractivity contribution >= 4 is 22.3 Å². The molecule has 2 unspecified atom stereocenters. The molecule has 1 aromatic heterocycles. The number of nitrogens with zero attached hydrogens (tertiary/aromatic N) is 2. The van der Waals surface area contributed by atoms with Crippen LogP contribution in [-0.2, 0) is 0 Å². The van der Waals surface area contributed by atoms with E-state index in [0.29, 0.717) is 0 Å². The number of nitrogens with two attached hydrogens (primary N) is 1. The fourth-order valence-corrected chi connectivity index (χ4v) is 3.03. The molecular formula is C14H20N4O. The van der Waals surface area contributed by atoms with E-state index in [4.69, 9.17) is 5.73 Å². The van der Waals surface area contributed by atoms with Crippen LogP contribution in [0.4, 0.5) is 11.4 Å². The Hall–Kier alpha value is -1.75. The molecule has 3 rings (SSSR count). The van der Waals surface area contributed by atoms with Gasteiger partial charge < -0.3 is 15.7 Å². The molecule has 0 bridgehead atoms. The van der Waals surface area contributed by atoms with Crippen molar-refractivity contribution in [2.45, 2.75) is 37.8 Å². The van der Waals surface area contributed by atoms with Crippen molar-refractivity contribution in [1.29, 1.82) is 0 Å². The monoisotopic (exact) mass is 260 g/mol. The normalized spacial score (nSPS) is 23.7. The summed E-state index contributed by atoms with van der Waals surface area (Å²) in [6, 6.07) is 4.09. The number of nitrogen functional groups attached to an aromatic ring is 1. The first-order valence-electron chi connectivity index (χ1n) is 6.80. The van der Waals surface area contributed by atoms with E-state index in [1.54, 1.807) is 6.20 Å². The largest absolute Gasteiger partial charge is 0.397 e. The zero-order chi connectivity index (χ0) is 13.4. The number of hydrogen-bond donors (Lipinski definition) is 3. The van der Waals surface area contributed by atoms with Crippen LogP contribution in [0.25, 0.3) is 10.9 Å². The van der Waals surface area contributed by atoms with Gasteiger partial charge in [-0.1, -0.05) is 12.8 Å². The van der Waals surface area contributed by atoms with E-state index in [0.717, 1.165) is 48.0 Å². The number of benzene rings is 1. The molecule has 0 radical (unpaired) electrons. The van der Waals surface area contributed by atoms with E-state index in [2.05, 4.69) is 15.1 Å². The lowest BCUT2D eigenvalue weighted by atomic mass is 9.91. The lowest BCUT2D eigenvalue weighted by molar-refractivity contribution is 0.106. The third-order valence-corrected chi connectivity index (χ3v) is 4.16. The first-order valence-corrected chi connectivity index (χ1v) is 6.80. The quantitative estimate of drug-likeness (QED) is 0.720. The molecule has 0 amide bonds. The Morgan fingerprint density at radius 1 is 1.37 bits per heavy atom. The van der Waals surface area contributed by atoms with Crippen molar-refractivity contribution in [3.8, 4) is 0 Å². The van der Waals surface area contributed by atoms with Crippen LogP contribution in [0.2, 0.25) is 0 Å². The van der Waals surface area contributed by atoms with Gasteiger partial charge in [-0.2, -0.15) is 5.10 Å². The minimum atomic E-state index is -0.268. The third-order valence-electron chi connectivity index (χ3n) is 4.16. The molecule has 1 aromatic carbocycles. The van der Waals surface area contributed by atoms with Crippen molar-refractivity contribution in [2.75, 3.05) is 17.7 Å². The van der Waals surface area contributed by atoms with Crippen LogP contribution < -0.4 is 10.6 Å². The number of hydrogen-bond acceptors (Lipinski definition) is 4. The highest BCUT2D eigenvalue weighted by Gasteiger charge is 2.27. The summed E-state index contributed by atoms with van der Waals surface area (Å²) in [5.74, 6) is 0. The molecule has 5 nitrogen and oxygen atoms in total. The predicted octanol–water partition coefficient (Wildman–Crippen LogP) is 1.88. The molecular weight excluding hydrogens is 240 g/mol. The van der Waals surface area contributed by atoms with E-state index < -0.39 is 0 Å². The van der Waals surface area contributed by atoms with Gasteiger partial charge in [-0.25, -0.2) is 0 Å². The SMILES string of the molecule is CN(c1cc2[nH]ncc2cc1N)C1CCCCC1O. The number of H-pyrrole nitrogens is 1. The lowest BCUT2D eigenvalue weighted by Crippen LogP contribution is -2.43. The maximum Gasteiger partial charge on any atom is 0.0743 e. The van der Waals surface area contributed by atoms with E-state index in [1.165, 1.54) is 0 Å². The molecule has 0 spiro atoms. The second-order valence-electron chi connectivity index (χ2n) is 5.40. The smallest absolute Gasteiger partial charge is 0.0743 e. The van der Waals surface area contributed by atoms with Gasteiger partial charge in [0.1, 0.15) is 0 Å². The van der Waals surface area contributed by atoms with Crippen molar-refractivity contribution in [3.05, 3.63) is 18.3 Å². The topological polar surface area (TPSA) is 78.2 Å². The van der Waals surface area contributed by atoms with Crippen LogP contribution in [0.5, 0.6) is 0 Å². The number of aliphatic hydroxyl groups is 1. The van der Waals surface area contributed by atoms with Crippen LogP contribution in [0.3, 0.4) is 0 Å². The molecule has 4 N–H and O–H groups in total. The highest BCUT2D eigenvalue weighted by Crippen LogP contribution is 2.32. The fraction of sp³-hybridized carbons (Fsp3) is 0.500. The van der Waals surface area contributed by atoms with Crippen LogP contribution in [0.15, 0.2) is 18.3 Å². The molecule has 1 fully saturated rings. The highest BCUT2D eigenvalue weighted by atomic mass is 16.3. The van der Waals surface area contributed by atoms with E-state index in [1.807, 2.05) is 19.2 Å². The van der Waals surface area contributed by atoms with Crippen molar-refractivity contribution < 1.29 is 5.11 Å². The second kappa shape index (κ2) is 4.74. The third kappa shape index (κ3) is 2.14. The van der Waals surface area contributed by atoms with E-state index in [-0.39, 0.29) is 12.1 Å². The summed E-state index contributed by atoms with van der Waals surface area (Å²) in [6.07, 6.45) is 5.67. The molecule has 2 aromatic rings. The molecule has 0 saturated heterocycles. The number of aromatic nitrogens is 2. The van der Waals surface area contributed by atoms with Gasteiger partial charge in [0.05, 0.1) is 35.2 Å². The molecule has 1 aliphatic carbocycles. The Balaban J connectivity index is 1.95. The summed E-state index contributed by atoms with van der Waals surface area (Å²) < 4.78 is 0. The maximum atomic E-state index is 10.2. The summed E-state index contributed by atoms with van der Waals surface area (Å²) >= 11 is 0. The van der Waals surface area contributed by atoms with Crippen molar-refractivity contribution in [2.24, 2.45) is 0 Å². The van der Waals surface area contributed by atoms with E-state index >= 15 is 0 Å². The Bertz CT molecular complexity index is 580. The number of likely N-dealkylation sites (N-methyl/N-ethyl adjacent to an activating group) is 1. The lowest BCUT2D eigenvalue weighted by Gasteiger charge is -2.37. The summed E-state index contributed by atoms with van der Waals surface area (Å²) in [4.78, 5) is 2.11. The first kappa shape index (κ1) is 12.3. The standard InChI is InChI=1S/C14H20N4O/c1-18(12-4-2-3-5-14(12)19)13-7-11-9(6-10(13)15)8-16-17-11/h6-8,12,14,19H,2-5,15H2,1H3,(H,16,17).